The van der Waals surface area contributed by atoms with Crippen LogP contribution in [0.2, 0.25) is 0 Å². The fourth-order valence-electron chi connectivity index (χ4n) is 3.96. The van der Waals surface area contributed by atoms with Gasteiger partial charge in [-0.1, -0.05) is 42.5 Å². The standard InChI is InChI=1S/C26H22F3N3O2S/c1-15-11-16(2)13-19(12-15)32(25(34)26(27,28)29)22(18-9-7-17(14-30)8-10-18)23(33)24-31-20-5-3-4-6-21(20)35-24/h3-13,22H,14,30H2,1-2H3. The molecular weight excluding hydrogens is 475 g/mol. The summed E-state index contributed by atoms with van der Waals surface area (Å²) >= 11 is 1.07. The average molecular weight is 498 g/mol. The SMILES string of the molecule is Cc1cc(C)cc(N(C(=O)C(F)(F)F)C(C(=O)c2nc3ccccc3s2)c2ccc(CN)cc2)c1. The molecule has 1 atom stereocenters. The Hall–Kier alpha value is -3.56. The molecule has 4 aromatic rings. The third-order valence-electron chi connectivity index (χ3n) is 5.49. The van der Waals surface area contributed by atoms with Crippen LogP contribution in [0.15, 0.2) is 66.7 Å². The lowest BCUT2D eigenvalue weighted by molar-refractivity contribution is -0.170. The molecule has 180 valence electrons. The molecule has 0 fully saturated rings. The fraction of sp³-hybridized carbons (Fsp3) is 0.192. The highest BCUT2D eigenvalue weighted by molar-refractivity contribution is 7.20. The van der Waals surface area contributed by atoms with Crippen LogP contribution < -0.4 is 10.6 Å². The highest BCUT2D eigenvalue weighted by Crippen LogP contribution is 2.37. The number of para-hydroxylation sites is 1. The number of nitrogens with zero attached hydrogens (tertiary/aromatic N) is 2. The van der Waals surface area contributed by atoms with Crippen molar-refractivity contribution in [2.24, 2.45) is 5.73 Å². The quantitative estimate of drug-likeness (QED) is 0.337. The molecule has 0 bridgehead atoms. The molecule has 0 aliphatic heterocycles. The van der Waals surface area contributed by atoms with E-state index in [4.69, 9.17) is 5.73 Å². The Bertz CT molecular complexity index is 1340. The van der Waals surface area contributed by atoms with Gasteiger partial charge in [-0.3, -0.25) is 14.5 Å². The third-order valence-corrected chi connectivity index (χ3v) is 6.54. The molecule has 35 heavy (non-hydrogen) atoms. The van der Waals surface area contributed by atoms with Gasteiger partial charge in [0, 0.05) is 12.2 Å². The summed E-state index contributed by atoms with van der Waals surface area (Å²) in [6, 6.07) is 16.5. The van der Waals surface area contributed by atoms with Gasteiger partial charge < -0.3 is 5.73 Å². The van der Waals surface area contributed by atoms with E-state index in [1.165, 1.54) is 24.3 Å². The smallest absolute Gasteiger partial charge is 0.326 e. The summed E-state index contributed by atoms with van der Waals surface area (Å²) < 4.78 is 42.4. The number of aromatic nitrogens is 1. The van der Waals surface area contributed by atoms with Gasteiger partial charge in [0.2, 0.25) is 5.78 Å². The topological polar surface area (TPSA) is 76.3 Å². The van der Waals surface area contributed by atoms with Crippen LogP contribution in [0.25, 0.3) is 10.2 Å². The minimum absolute atomic E-state index is 0.0171. The second-order valence-corrected chi connectivity index (χ2v) is 9.25. The van der Waals surface area contributed by atoms with E-state index < -0.39 is 23.9 Å². The van der Waals surface area contributed by atoms with Crippen molar-refractivity contribution in [2.75, 3.05) is 4.90 Å². The Labute approximate surface area is 204 Å². The van der Waals surface area contributed by atoms with E-state index in [9.17, 15) is 22.8 Å². The van der Waals surface area contributed by atoms with Crippen LogP contribution in [0.4, 0.5) is 18.9 Å². The molecule has 2 N–H and O–H groups in total. The van der Waals surface area contributed by atoms with Gasteiger partial charge in [-0.25, -0.2) is 4.98 Å². The summed E-state index contributed by atoms with van der Waals surface area (Å²) in [6.45, 7) is 3.65. The Morgan fingerprint density at radius 2 is 1.63 bits per heavy atom. The number of amides is 1. The molecule has 0 aliphatic carbocycles. The average Bonchev–Trinajstić information content (AvgIpc) is 3.25. The number of Topliss-reactive ketones (excluding diaryl/α,β-unsaturated/α-hetero) is 1. The molecule has 0 spiro atoms. The number of carbonyl (C=O) groups excluding carboxylic acids is 2. The molecule has 0 saturated heterocycles. The predicted molar refractivity (Wildman–Crippen MR) is 130 cm³/mol. The Kier molecular flexibility index (Phi) is 6.73. The number of halogens is 3. The van der Waals surface area contributed by atoms with Gasteiger partial charge in [-0.15, -0.1) is 11.3 Å². The largest absolute Gasteiger partial charge is 0.471 e. The molecule has 0 radical (unpaired) electrons. The van der Waals surface area contributed by atoms with Crippen LogP contribution in [0.3, 0.4) is 0 Å². The van der Waals surface area contributed by atoms with Crippen LogP contribution in [0, 0.1) is 13.8 Å². The van der Waals surface area contributed by atoms with Gasteiger partial charge in [0.15, 0.2) is 5.01 Å². The zero-order valence-electron chi connectivity index (χ0n) is 19.0. The highest BCUT2D eigenvalue weighted by atomic mass is 32.1. The Morgan fingerprint density at radius 1 is 1.00 bits per heavy atom. The second kappa shape index (κ2) is 9.59. The van der Waals surface area contributed by atoms with Crippen molar-refractivity contribution < 1.29 is 22.8 Å². The molecular formula is C26H22F3N3O2S. The van der Waals surface area contributed by atoms with Crippen molar-refractivity contribution in [3.8, 4) is 0 Å². The maximum atomic E-state index is 13.9. The van der Waals surface area contributed by atoms with Gasteiger partial charge >= 0.3 is 12.1 Å². The van der Waals surface area contributed by atoms with Crippen LogP contribution in [0.1, 0.15) is 38.1 Å². The lowest BCUT2D eigenvalue weighted by Gasteiger charge is -2.32. The summed E-state index contributed by atoms with van der Waals surface area (Å²) in [7, 11) is 0. The van der Waals surface area contributed by atoms with Crippen LogP contribution in [-0.2, 0) is 11.3 Å². The summed E-state index contributed by atoms with van der Waals surface area (Å²) in [5.74, 6) is -2.84. The van der Waals surface area contributed by atoms with E-state index >= 15 is 0 Å². The first kappa shape index (κ1) is 24.6. The van der Waals surface area contributed by atoms with E-state index in [1.54, 1.807) is 56.3 Å². The second-order valence-electron chi connectivity index (χ2n) is 8.22. The number of hydrogen-bond donors (Lipinski definition) is 1. The Balaban J connectivity index is 1.94. The number of anilines is 1. The monoisotopic (exact) mass is 497 g/mol. The van der Waals surface area contributed by atoms with E-state index in [2.05, 4.69) is 4.98 Å². The maximum Gasteiger partial charge on any atom is 0.471 e. The van der Waals surface area contributed by atoms with Crippen LogP contribution in [0.5, 0.6) is 0 Å². The van der Waals surface area contributed by atoms with Crippen LogP contribution >= 0.6 is 11.3 Å². The first-order valence-electron chi connectivity index (χ1n) is 10.8. The summed E-state index contributed by atoms with van der Waals surface area (Å²) in [5, 5.41) is 0.0171. The zero-order chi connectivity index (χ0) is 25.3. The van der Waals surface area contributed by atoms with Crippen molar-refractivity contribution in [1.82, 2.24) is 4.98 Å². The molecule has 3 aromatic carbocycles. The molecule has 0 aliphatic rings. The van der Waals surface area contributed by atoms with Crippen molar-refractivity contribution >= 4 is 38.9 Å². The molecule has 1 unspecified atom stereocenters. The van der Waals surface area contributed by atoms with E-state index in [1.807, 2.05) is 0 Å². The first-order chi connectivity index (χ1) is 16.6. The third kappa shape index (κ3) is 5.11. The number of rotatable bonds is 6. The molecule has 0 saturated carbocycles. The Morgan fingerprint density at radius 3 is 2.20 bits per heavy atom. The number of carbonyl (C=O) groups is 2. The maximum absolute atomic E-state index is 13.9. The van der Waals surface area contributed by atoms with Gasteiger partial charge in [0.25, 0.3) is 0 Å². The van der Waals surface area contributed by atoms with Crippen molar-refractivity contribution in [3.63, 3.8) is 0 Å². The van der Waals surface area contributed by atoms with Gasteiger partial charge in [-0.2, -0.15) is 13.2 Å². The number of alkyl halides is 3. The van der Waals surface area contributed by atoms with E-state index in [-0.39, 0.29) is 22.8 Å². The minimum atomic E-state index is -5.21. The van der Waals surface area contributed by atoms with Gasteiger partial charge in [0.05, 0.1) is 10.2 Å². The summed E-state index contributed by atoms with van der Waals surface area (Å²) in [4.78, 5) is 31.6. The zero-order valence-corrected chi connectivity index (χ0v) is 19.8. The molecule has 1 amide bonds. The first-order valence-corrected chi connectivity index (χ1v) is 11.6. The number of benzene rings is 3. The molecule has 1 aromatic heterocycles. The number of thiazole rings is 1. The lowest BCUT2D eigenvalue weighted by atomic mass is 9.97. The number of aryl methyl sites for hydroxylation is 2. The van der Waals surface area contributed by atoms with E-state index in [0.717, 1.165) is 16.9 Å². The van der Waals surface area contributed by atoms with E-state index in [0.29, 0.717) is 26.2 Å². The molecule has 1 heterocycles. The normalized spacial score (nSPS) is 12.5. The van der Waals surface area contributed by atoms with Gasteiger partial charge in [0.1, 0.15) is 6.04 Å². The molecule has 4 rings (SSSR count). The number of fused-ring (bicyclic) bond motifs is 1. The van der Waals surface area contributed by atoms with Crippen LogP contribution in [-0.4, -0.2) is 22.9 Å². The number of nitrogens with two attached hydrogens (primary N) is 1. The van der Waals surface area contributed by atoms with Crippen molar-refractivity contribution in [3.05, 3.63) is 94.0 Å². The summed E-state index contributed by atoms with van der Waals surface area (Å²) in [5.41, 5.74) is 8.48. The van der Waals surface area contributed by atoms with Crippen molar-refractivity contribution in [2.45, 2.75) is 32.6 Å². The van der Waals surface area contributed by atoms with Gasteiger partial charge in [-0.05, 0) is 60.4 Å². The molecule has 5 nitrogen and oxygen atoms in total. The lowest BCUT2D eigenvalue weighted by Crippen LogP contribution is -2.46. The minimum Gasteiger partial charge on any atom is -0.326 e. The highest BCUT2D eigenvalue weighted by Gasteiger charge is 2.48. The number of ketones is 1. The molecule has 9 heteroatoms. The predicted octanol–water partition coefficient (Wildman–Crippen LogP) is 5.89. The van der Waals surface area contributed by atoms with Crippen molar-refractivity contribution in [1.29, 1.82) is 0 Å². The summed E-state index contributed by atoms with van der Waals surface area (Å²) in [6.07, 6.45) is -5.21. The number of hydrogen-bond acceptors (Lipinski definition) is 5. The fourth-order valence-corrected chi connectivity index (χ4v) is 4.89.